The third kappa shape index (κ3) is 4.94. The van der Waals surface area contributed by atoms with Gasteiger partial charge in [-0.3, -0.25) is 4.98 Å². The Morgan fingerprint density at radius 2 is 1.88 bits per heavy atom. The molecule has 33 heavy (non-hydrogen) atoms. The second-order valence-electron chi connectivity index (χ2n) is 7.36. The average Bonchev–Trinajstić information content (AvgIpc) is 3.10. The van der Waals surface area contributed by atoms with E-state index in [9.17, 15) is 31.2 Å². The van der Waals surface area contributed by atoms with Gasteiger partial charge < -0.3 is 9.30 Å². The number of alkyl halides is 4. The quantitative estimate of drug-likeness (QED) is 0.456. The van der Waals surface area contributed by atoms with E-state index >= 15 is 0 Å². The zero-order chi connectivity index (χ0) is 24.3. The lowest BCUT2D eigenvalue weighted by Gasteiger charge is -2.16. The van der Waals surface area contributed by atoms with Crippen LogP contribution in [0.4, 0.5) is 17.6 Å². The molecule has 0 spiro atoms. The lowest BCUT2D eigenvalue weighted by molar-refractivity contribution is -0.0497. The summed E-state index contributed by atoms with van der Waals surface area (Å²) in [6, 6.07) is 7.13. The van der Waals surface area contributed by atoms with E-state index in [1.165, 1.54) is 30.3 Å². The van der Waals surface area contributed by atoms with E-state index in [2.05, 4.69) is 15.8 Å². The maximum Gasteiger partial charge on any atom is 0.387 e. The summed E-state index contributed by atoms with van der Waals surface area (Å²) in [6.45, 7) is -1.79. The number of aromatic nitrogens is 2. The number of hydrogen-bond acceptors (Lipinski definition) is 5. The van der Waals surface area contributed by atoms with Crippen LogP contribution in [-0.2, 0) is 10.0 Å². The Kier molecular flexibility index (Phi) is 7.24. The molecule has 12 heteroatoms. The molecule has 0 amide bonds. The lowest BCUT2D eigenvalue weighted by Crippen LogP contribution is -2.37. The Hall–Kier alpha value is -3.17. The van der Waals surface area contributed by atoms with Crippen LogP contribution in [-0.4, -0.2) is 44.0 Å². The van der Waals surface area contributed by atoms with Gasteiger partial charge in [0.1, 0.15) is 30.1 Å². The molecule has 2 heterocycles. The number of halogens is 4. The van der Waals surface area contributed by atoms with Crippen LogP contribution in [0.5, 0.6) is 5.75 Å². The second kappa shape index (κ2) is 9.76. The van der Waals surface area contributed by atoms with Crippen molar-refractivity contribution in [1.29, 1.82) is 5.26 Å². The van der Waals surface area contributed by atoms with Crippen LogP contribution in [0.2, 0.25) is 0 Å². The van der Waals surface area contributed by atoms with E-state index in [0.717, 1.165) is 6.20 Å². The summed E-state index contributed by atoms with van der Waals surface area (Å²) in [6.07, 6.45) is 1.01. The fourth-order valence-corrected chi connectivity index (χ4v) is 4.58. The van der Waals surface area contributed by atoms with Crippen molar-refractivity contribution in [1.82, 2.24) is 14.3 Å². The number of benzene rings is 1. The first-order valence-corrected chi connectivity index (χ1v) is 11.2. The molecule has 0 aliphatic rings. The average molecular weight is 484 g/mol. The van der Waals surface area contributed by atoms with Crippen molar-refractivity contribution in [3.8, 4) is 23.2 Å². The summed E-state index contributed by atoms with van der Waals surface area (Å²) < 4.78 is 83.6. The van der Waals surface area contributed by atoms with Gasteiger partial charge in [0.25, 0.3) is 0 Å². The monoisotopic (exact) mass is 484 g/mol. The molecule has 176 valence electrons. The van der Waals surface area contributed by atoms with Crippen LogP contribution in [0.3, 0.4) is 0 Å². The Labute approximate surface area is 187 Å². The molecule has 1 aromatic carbocycles. The van der Waals surface area contributed by atoms with Gasteiger partial charge in [-0.25, -0.2) is 21.9 Å². The van der Waals surface area contributed by atoms with Crippen LogP contribution < -0.4 is 9.46 Å². The van der Waals surface area contributed by atoms with Crippen LogP contribution in [0.15, 0.2) is 41.4 Å². The molecular weight excluding hydrogens is 464 g/mol. The van der Waals surface area contributed by atoms with Crippen LogP contribution in [0, 0.1) is 11.3 Å². The molecule has 0 aliphatic heterocycles. The van der Waals surface area contributed by atoms with E-state index in [-0.39, 0.29) is 27.9 Å². The highest BCUT2D eigenvalue weighted by Crippen LogP contribution is 2.37. The van der Waals surface area contributed by atoms with Crippen molar-refractivity contribution in [3.63, 3.8) is 0 Å². The highest BCUT2D eigenvalue weighted by molar-refractivity contribution is 7.89. The van der Waals surface area contributed by atoms with Gasteiger partial charge >= 0.3 is 6.61 Å². The lowest BCUT2D eigenvalue weighted by atomic mass is 10.1. The van der Waals surface area contributed by atoms with Gasteiger partial charge in [-0.2, -0.15) is 14.0 Å². The fourth-order valence-electron chi connectivity index (χ4n) is 3.44. The van der Waals surface area contributed by atoms with Crippen molar-refractivity contribution in [3.05, 3.63) is 42.1 Å². The number of rotatable bonds is 9. The predicted molar refractivity (Wildman–Crippen MR) is 113 cm³/mol. The Morgan fingerprint density at radius 3 is 2.39 bits per heavy atom. The molecule has 0 radical (unpaired) electrons. The van der Waals surface area contributed by atoms with E-state index < -0.39 is 36.0 Å². The summed E-state index contributed by atoms with van der Waals surface area (Å²) in [5, 5.41) is 10.3. The summed E-state index contributed by atoms with van der Waals surface area (Å²) in [5.41, 5.74) is 1.29. The van der Waals surface area contributed by atoms with Gasteiger partial charge in [0.2, 0.25) is 10.0 Å². The summed E-state index contributed by atoms with van der Waals surface area (Å²) in [4.78, 5) is 3.85. The van der Waals surface area contributed by atoms with E-state index in [4.69, 9.17) is 0 Å². The summed E-state index contributed by atoms with van der Waals surface area (Å²) in [5.74, 6) is -0.0799. The number of nitrogens with zero attached hydrogens (tertiary/aromatic N) is 3. The van der Waals surface area contributed by atoms with Gasteiger partial charge in [0, 0.05) is 23.7 Å². The third-order valence-electron chi connectivity index (χ3n) is 4.81. The van der Waals surface area contributed by atoms with E-state index in [0.29, 0.717) is 16.6 Å². The van der Waals surface area contributed by atoms with Crippen molar-refractivity contribution in [2.45, 2.75) is 37.4 Å². The van der Waals surface area contributed by atoms with Crippen LogP contribution in [0.25, 0.3) is 22.3 Å². The van der Waals surface area contributed by atoms with Crippen LogP contribution in [0.1, 0.15) is 25.5 Å². The molecule has 0 aliphatic carbocycles. The minimum Gasteiger partial charge on any atom is -0.435 e. The minimum atomic E-state index is -4.22. The molecule has 0 bridgehead atoms. The zero-order valence-corrected chi connectivity index (χ0v) is 18.4. The molecule has 2 aromatic heterocycles. The number of ether oxygens (including phenoxy) is 1. The molecule has 3 aromatic rings. The number of fused-ring (bicyclic) bond motifs is 1. The molecule has 3 rings (SSSR count). The van der Waals surface area contributed by atoms with E-state index in [1.54, 1.807) is 4.57 Å². The second-order valence-corrected chi connectivity index (χ2v) is 9.08. The molecule has 0 unspecified atom stereocenters. The predicted octanol–water partition coefficient (Wildman–Crippen LogP) is 4.34. The van der Waals surface area contributed by atoms with Crippen molar-refractivity contribution < 1.29 is 30.7 Å². The smallest absolute Gasteiger partial charge is 0.387 e. The number of hydrogen-bond donors (Lipinski definition) is 1. The Bertz CT molecular complexity index is 1280. The first-order valence-electron chi connectivity index (χ1n) is 9.76. The van der Waals surface area contributed by atoms with Gasteiger partial charge in [0.05, 0.1) is 28.5 Å². The Morgan fingerprint density at radius 1 is 1.18 bits per heavy atom. The van der Waals surface area contributed by atoms with Crippen molar-refractivity contribution in [2.24, 2.45) is 0 Å². The van der Waals surface area contributed by atoms with Gasteiger partial charge in [-0.15, -0.1) is 0 Å². The number of nitrogens with one attached hydrogen (secondary N) is 1. The largest absolute Gasteiger partial charge is 0.435 e. The molecular formula is C21H20F4N4O3S. The number of pyridine rings is 1. The standard InChI is InChI=1S/C21H20F4N4O3S/c1-12(2)29-19-7-14(32-21(24)25)3-5-16(19)17(10-26)20(29)18-6-4-15(11-27-18)33(30,31)28-13(8-22)9-23/h3-7,11-13,21,28H,8-9H2,1-2H3. The van der Waals surface area contributed by atoms with E-state index in [1.807, 2.05) is 18.6 Å². The normalized spacial score (nSPS) is 12.1. The Balaban J connectivity index is 2.13. The molecule has 0 fully saturated rings. The van der Waals surface area contributed by atoms with Crippen LogP contribution >= 0.6 is 0 Å². The first kappa shape index (κ1) is 24.5. The first-order chi connectivity index (χ1) is 15.6. The SMILES string of the molecule is CC(C)n1c(-c2ccc(S(=O)(=O)NC(CF)CF)cn2)c(C#N)c2ccc(OC(F)F)cc21. The highest BCUT2D eigenvalue weighted by Gasteiger charge is 2.24. The summed E-state index contributed by atoms with van der Waals surface area (Å²) in [7, 11) is -4.22. The number of sulfonamides is 1. The summed E-state index contributed by atoms with van der Waals surface area (Å²) >= 11 is 0. The molecule has 0 saturated carbocycles. The zero-order valence-electron chi connectivity index (χ0n) is 17.6. The molecule has 0 atom stereocenters. The third-order valence-corrected chi connectivity index (χ3v) is 6.32. The minimum absolute atomic E-state index is 0.0799. The fraction of sp³-hybridized carbons (Fsp3) is 0.333. The van der Waals surface area contributed by atoms with Gasteiger partial charge in [0.15, 0.2) is 0 Å². The van der Waals surface area contributed by atoms with Crippen molar-refractivity contribution in [2.75, 3.05) is 13.3 Å². The topological polar surface area (TPSA) is 97.0 Å². The van der Waals surface area contributed by atoms with Gasteiger partial charge in [-0.1, -0.05) is 0 Å². The molecule has 1 N–H and O–H groups in total. The maximum absolute atomic E-state index is 12.7. The highest BCUT2D eigenvalue weighted by atomic mass is 32.2. The molecule has 0 saturated heterocycles. The number of nitriles is 1. The van der Waals surface area contributed by atoms with Crippen molar-refractivity contribution >= 4 is 20.9 Å². The molecule has 7 nitrogen and oxygen atoms in total. The van der Waals surface area contributed by atoms with Gasteiger partial charge in [-0.05, 0) is 38.1 Å². The maximum atomic E-state index is 12.7.